The maximum absolute atomic E-state index is 12.5. The molecule has 1 aromatic heterocycles. The predicted octanol–water partition coefficient (Wildman–Crippen LogP) is 2.10. The van der Waals surface area contributed by atoms with Crippen molar-refractivity contribution in [3.63, 3.8) is 0 Å². The summed E-state index contributed by atoms with van der Waals surface area (Å²) in [6.45, 7) is 5.23. The van der Waals surface area contributed by atoms with Crippen LogP contribution in [0.1, 0.15) is 12.5 Å². The van der Waals surface area contributed by atoms with Gasteiger partial charge in [0.15, 0.2) is 0 Å². The van der Waals surface area contributed by atoms with Crippen LogP contribution in [-0.4, -0.2) is 48.0 Å². The summed E-state index contributed by atoms with van der Waals surface area (Å²) in [4.78, 5) is 21.3. The monoisotopic (exact) mass is 335 g/mol. The van der Waals surface area contributed by atoms with Crippen LogP contribution < -0.4 is 10.2 Å². The summed E-state index contributed by atoms with van der Waals surface area (Å²) in [7, 11) is 0. The fourth-order valence-corrected chi connectivity index (χ4v) is 2.96. The summed E-state index contributed by atoms with van der Waals surface area (Å²) in [6.07, 6.45) is 1.80. The number of benzene rings is 1. The first-order valence-electron chi connectivity index (χ1n) is 8.38. The van der Waals surface area contributed by atoms with Gasteiger partial charge >= 0.3 is 0 Å². The van der Waals surface area contributed by atoms with Crippen molar-refractivity contribution in [1.29, 1.82) is 5.26 Å². The van der Waals surface area contributed by atoms with Crippen LogP contribution >= 0.6 is 0 Å². The lowest BCUT2D eigenvalue weighted by Crippen LogP contribution is -2.53. The minimum atomic E-state index is -0.225. The molecule has 1 saturated heterocycles. The number of nitriles is 1. The Labute approximate surface area is 147 Å². The Kier molecular flexibility index (Phi) is 5.26. The fourth-order valence-electron chi connectivity index (χ4n) is 2.96. The highest BCUT2D eigenvalue weighted by molar-refractivity contribution is 5.94. The van der Waals surface area contributed by atoms with Crippen molar-refractivity contribution >= 4 is 17.4 Å². The molecule has 1 aliphatic rings. The Balaban J connectivity index is 1.56. The molecular formula is C19H21N5O. The minimum absolute atomic E-state index is 0.0543. The molecule has 1 fully saturated rings. The van der Waals surface area contributed by atoms with E-state index in [-0.39, 0.29) is 11.9 Å². The molecule has 6 heteroatoms. The van der Waals surface area contributed by atoms with E-state index < -0.39 is 0 Å². The predicted molar refractivity (Wildman–Crippen MR) is 97.3 cm³/mol. The van der Waals surface area contributed by atoms with Crippen LogP contribution in [0, 0.1) is 11.3 Å². The van der Waals surface area contributed by atoms with E-state index in [1.54, 1.807) is 30.5 Å². The van der Waals surface area contributed by atoms with Gasteiger partial charge in [0.25, 0.3) is 0 Å². The standard InChI is InChI=1S/C19H21N5O/c1-15(19(25)22-17-6-4-5-16(13-17)14-20)23-9-11-24(12-10-23)18-7-2-3-8-21-18/h2-8,13,15H,9-12H2,1H3,(H,22,25)/t15-/m0/s1. The van der Waals surface area contributed by atoms with E-state index in [9.17, 15) is 4.79 Å². The number of rotatable bonds is 4. The molecule has 0 saturated carbocycles. The lowest BCUT2D eigenvalue weighted by atomic mass is 10.2. The molecule has 1 aliphatic heterocycles. The van der Waals surface area contributed by atoms with Gasteiger partial charge in [-0.05, 0) is 37.3 Å². The van der Waals surface area contributed by atoms with E-state index >= 15 is 0 Å². The van der Waals surface area contributed by atoms with Crippen molar-refractivity contribution in [3.8, 4) is 6.07 Å². The maximum Gasteiger partial charge on any atom is 0.241 e. The first-order valence-corrected chi connectivity index (χ1v) is 8.38. The van der Waals surface area contributed by atoms with Crippen LogP contribution in [0.3, 0.4) is 0 Å². The van der Waals surface area contributed by atoms with Gasteiger partial charge in [-0.2, -0.15) is 5.26 Å². The molecule has 1 N–H and O–H groups in total. The summed E-state index contributed by atoms with van der Waals surface area (Å²) >= 11 is 0. The maximum atomic E-state index is 12.5. The molecule has 0 radical (unpaired) electrons. The average molecular weight is 335 g/mol. The zero-order valence-electron chi connectivity index (χ0n) is 14.2. The Bertz CT molecular complexity index is 763. The Morgan fingerprint density at radius 3 is 2.68 bits per heavy atom. The molecule has 2 heterocycles. The molecule has 128 valence electrons. The third kappa shape index (κ3) is 4.14. The van der Waals surface area contributed by atoms with Crippen LogP contribution in [-0.2, 0) is 4.79 Å². The molecule has 1 aromatic carbocycles. The van der Waals surface area contributed by atoms with Gasteiger partial charge in [0.1, 0.15) is 5.82 Å². The number of anilines is 2. The van der Waals surface area contributed by atoms with E-state index in [4.69, 9.17) is 5.26 Å². The summed E-state index contributed by atoms with van der Waals surface area (Å²) in [5, 5.41) is 11.8. The number of pyridine rings is 1. The quantitative estimate of drug-likeness (QED) is 0.926. The Hall–Kier alpha value is -2.91. The zero-order chi connectivity index (χ0) is 17.6. The fraction of sp³-hybridized carbons (Fsp3) is 0.316. The van der Waals surface area contributed by atoms with Crippen LogP contribution in [0.5, 0.6) is 0 Å². The first kappa shape index (κ1) is 16.9. The van der Waals surface area contributed by atoms with Crippen LogP contribution in [0.2, 0.25) is 0 Å². The van der Waals surface area contributed by atoms with E-state index in [0.717, 1.165) is 32.0 Å². The second-order valence-corrected chi connectivity index (χ2v) is 6.07. The highest BCUT2D eigenvalue weighted by Crippen LogP contribution is 2.15. The number of carbonyl (C=O) groups excluding carboxylic acids is 1. The minimum Gasteiger partial charge on any atom is -0.354 e. The van der Waals surface area contributed by atoms with E-state index in [0.29, 0.717) is 11.3 Å². The largest absolute Gasteiger partial charge is 0.354 e. The molecule has 0 aliphatic carbocycles. The van der Waals surface area contributed by atoms with Crippen molar-refractivity contribution < 1.29 is 4.79 Å². The summed E-state index contributed by atoms with van der Waals surface area (Å²) < 4.78 is 0. The second kappa shape index (κ2) is 7.77. The third-order valence-corrected chi connectivity index (χ3v) is 4.47. The average Bonchev–Trinajstić information content (AvgIpc) is 2.68. The number of carbonyl (C=O) groups is 1. The molecule has 0 unspecified atom stereocenters. The number of nitrogens with zero attached hydrogens (tertiary/aromatic N) is 4. The summed E-state index contributed by atoms with van der Waals surface area (Å²) in [5.74, 6) is 0.925. The third-order valence-electron chi connectivity index (χ3n) is 4.47. The van der Waals surface area contributed by atoms with E-state index in [1.165, 1.54) is 0 Å². The van der Waals surface area contributed by atoms with Crippen molar-refractivity contribution in [3.05, 3.63) is 54.2 Å². The van der Waals surface area contributed by atoms with Gasteiger partial charge in [0.2, 0.25) is 5.91 Å². The van der Waals surface area contributed by atoms with Crippen molar-refractivity contribution in [2.45, 2.75) is 13.0 Å². The van der Waals surface area contributed by atoms with Gasteiger partial charge in [-0.15, -0.1) is 0 Å². The molecule has 6 nitrogen and oxygen atoms in total. The van der Waals surface area contributed by atoms with Crippen molar-refractivity contribution in [2.24, 2.45) is 0 Å². The summed E-state index contributed by atoms with van der Waals surface area (Å²) in [5.41, 5.74) is 1.19. The number of piperazine rings is 1. The molecular weight excluding hydrogens is 314 g/mol. The number of hydrogen-bond donors (Lipinski definition) is 1. The normalized spacial score (nSPS) is 16.1. The number of nitrogens with one attached hydrogen (secondary N) is 1. The molecule has 3 rings (SSSR count). The molecule has 1 amide bonds. The number of amides is 1. The van der Waals surface area contributed by atoms with Gasteiger partial charge in [0.05, 0.1) is 17.7 Å². The highest BCUT2D eigenvalue weighted by Gasteiger charge is 2.26. The summed E-state index contributed by atoms with van der Waals surface area (Å²) in [6, 6.07) is 14.7. The topological polar surface area (TPSA) is 72.3 Å². The van der Waals surface area contributed by atoms with Gasteiger partial charge in [-0.25, -0.2) is 4.98 Å². The molecule has 2 aromatic rings. The molecule has 1 atom stereocenters. The lowest BCUT2D eigenvalue weighted by molar-refractivity contribution is -0.120. The van der Waals surface area contributed by atoms with Crippen molar-refractivity contribution in [1.82, 2.24) is 9.88 Å². The highest BCUT2D eigenvalue weighted by atomic mass is 16.2. The SMILES string of the molecule is C[C@@H](C(=O)Nc1cccc(C#N)c1)N1CCN(c2ccccn2)CC1. The lowest BCUT2D eigenvalue weighted by Gasteiger charge is -2.37. The van der Waals surface area contributed by atoms with Crippen LogP contribution in [0.25, 0.3) is 0 Å². The van der Waals surface area contributed by atoms with Gasteiger partial charge < -0.3 is 10.2 Å². The number of hydrogen-bond acceptors (Lipinski definition) is 5. The van der Waals surface area contributed by atoms with Gasteiger partial charge in [-0.1, -0.05) is 12.1 Å². The van der Waals surface area contributed by atoms with E-state index in [2.05, 4.69) is 26.2 Å². The molecule has 0 spiro atoms. The smallest absolute Gasteiger partial charge is 0.241 e. The Morgan fingerprint density at radius 1 is 1.20 bits per heavy atom. The molecule has 25 heavy (non-hydrogen) atoms. The van der Waals surface area contributed by atoms with E-state index in [1.807, 2.05) is 25.1 Å². The first-order chi connectivity index (χ1) is 12.2. The van der Waals surface area contributed by atoms with Gasteiger partial charge in [0, 0.05) is 38.1 Å². The van der Waals surface area contributed by atoms with Crippen LogP contribution in [0.15, 0.2) is 48.7 Å². The van der Waals surface area contributed by atoms with Crippen molar-refractivity contribution in [2.75, 3.05) is 36.4 Å². The second-order valence-electron chi connectivity index (χ2n) is 6.07. The zero-order valence-corrected chi connectivity index (χ0v) is 14.2. The number of aromatic nitrogens is 1. The molecule has 0 bridgehead atoms. The Morgan fingerprint density at radius 2 is 2.00 bits per heavy atom. The van der Waals surface area contributed by atoms with Crippen LogP contribution in [0.4, 0.5) is 11.5 Å². The van der Waals surface area contributed by atoms with Gasteiger partial charge in [-0.3, -0.25) is 9.69 Å².